The molecular formula is C21H25N5O. The van der Waals surface area contributed by atoms with Gasteiger partial charge >= 0.3 is 0 Å². The van der Waals surface area contributed by atoms with Crippen LogP contribution in [0.2, 0.25) is 0 Å². The van der Waals surface area contributed by atoms with E-state index in [0.717, 1.165) is 12.0 Å². The second-order valence-corrected chi connectivity index (χ2v) is 6.78. The lowest BCUT2D eigenvalue weighted by atomic mass is 10.0. The Balaban J connectivity index is 1.42. The zero-order valence-electron chi connectivity index (χ0n) is 15.8. The molecule has 0 saturated heterocycles. The van der Waals surface area contributed by atoms with Crippen LogP contribution in [0.1, 0.15) is 30.9 Å². The lowest BCUT2D eigenvalue weighted by molar-refractivity contribution is -0.121. The number of rotatable bonds is 8. The van der Waals surface area contributed by atoms with E-state index >= 15 is 0 Å². The molecule has 1 atom stereocenters. The molecule has 0 aliphatic heterocycles. The van der Waals surface area contributed by atoms with Crippen molar-refractivity contribution in [3.63, 3.8) is 0 Å². The number of hydrogen-bond donors (Lipinski definition) is 1. The average Bonchev–Trinajstić information content (AvgIpc) is 3.13. The maximum Gasteiger partial charge on any atom is 0.220 e. The van der Waals surface area contributed by atoms with Gasteiger partial charge in [-0.25, -0.2) is 0 Å². The minimum absolute atomic E-state index is 0.0551. The van der Waals surface area contributed by atoms with E-state index in [-0.39, 0.29) is 11.9 Å². The Morgan fingerprint density at radius 2 is 1.85 bits per heavy atom. The van der Waals surface area contributed by atoms with Crippen LogP contribution in [0.4, 0.5) is 0 Å². The van der Waals surface area contributed by atoms with Crippen LogP contribution in [-0.2, 0) is 17.8 Å². The average molecular weight is 363 g/mol. The molecule has 0 radical (unpaired) electrons. The monoisotopic (exact) mass is 363 g/mol. The molecule has 1 aromatic heterocycles. The molecule has 1 unspecified atom stereocenters. The van der Waals surface area contributed by atoms with Crippen molar-refractivity contribution in [3.05, 3.63) is 65.7 Å². The van der Waals surface area contributed by atoms with Crippen LogP contribution in [-0.4, -0.2) is 32.2 Å². The number of nitrogens with one attached hydrogen (secondary N) is 1. The zero-order chi connectivity index (χ0) is 19.1. The van der Waals surface area contributed by atoms with Gasteiger partial charge in [0.2, 0.25) is 11.7 Å². The first-order valence-electron chi connectivity index (χ1n) is 9.29. The van der Waals surface area contributed by atoms with Gasteiger partial charge in [0.15, 0.2) is 0 Å². The Kier molecular flexibility index (Phi) is 6.30. The summed E-state index contributed by atoms with van der Waals surface area (Å²) < 4.78 is 0. The molecule has 3 rings (SSSR count). The summed E-state index contributed by atoms with van der Waals surface area (Å²) in [6, 6.07) is 18.1. The number of carbonyl (C=O) groups is 1. The highest BCUT2D eigenvalue weighted by atomic mass is 16.1. The molecule has 0 aliphatic carbocycles. The topological polar surface area (TPSA) is 72.7 Å². The van der Waals surface area contributed by atoms with Gasteiger partial charge in [0.25, 0.3) is 0 Å². The predicted octanol–water partition coefficient (Wildman–Crippen LogP) is 3.18. The second kappa shape index (κ2) is 9.07. The summed E-state index contributed by atoms with van der Waals surface area (Å²) in [6.07, 6.45) is 1.96. The summed E-state index contributed by atoms with van der Waals surface area (Å²) >= 11 is 0. The third-order valence-electron chi connectivity index (χ3n) is 4.44. The number of amides is 1. The van der Waals surface area contributed by atoms with Gasteiger partial charge in [0, 0.05) is 18.0 Å². The van der Waals surface area contributed by atoms with Gasteiger partial charge in [0.05, 0.1) is 6.54 Å². The molecule has 1 amide bonds. The van der Waals surface area contributed by atoms with Crippen LogP contribution in [0.3, 0.4) is 0 Å². The third kappa shape index (κ3) is 5.48. The molecule has 27 heavy (non-hydrogen) atoms. The Hall–Kier alpha value is -3.02. The SMILES string of the molecule is Cc1ccccc1CC(C)NC(=O)CCCn1nnc(-c2ccccc2)n1. The van der Waals surface area contributed by atoms with Gasteiger partial charge in [-0.1, -0.05) is 54.6 Å². The van der Waals surface area contributed by atoms with Crippen molar-refractivity contribution in [1.29, 1.82) is 0 Å². The van der Waals surface area contributed by atoms with Gasteiger partial charge in [-0.15, -0.1) is 10.2 Å². The molecule has 1 heterocycles. The van der Waals surface area contributed by atoms with E-state index in [4.69, 9.17) is 0 Å². The number of aryl methyl sites for hydroxylation is 2. The van der Waals surface area contributed by atoms with Crippen LogP contribution in [0, 0.1) is 6.92 Å². The van der Waals surface area contributed by atoms with Gasteiger partial charge in [0.1, 0.15) is 0 Å². The van der Waals surface area contributed by atoms with Crippen LogP contribution >= 0.6 is 0 Å². The standard InChI is InChI=1S/C21H25N5O/c1-16-9-6-7-12-19(16)15-17(2)22-20(27)13-8-14-26-24-21(23-25-26)18-10-4-3-5-11-18/h3-7,9-12,17H,8,13-15H2,1-2H3,(H,22,27). The molecule has 0 saturated carbocycles. The Labute approximate surface area is 159 Å². The fourth-order valence-corrected chi connectivity index (χ4v) is 2.99. The molecule has 2 aromatic carbocycles. The summed E-state index contributed by atoms with van der Waals surface area (Å²) in [5.41, 5.74) is 3.46. The van der Waals surface area contributed by atoms with Gasteiger partial charge in [-0.3, -0.25) is 4.79 Å². The molecule has 6 nitrogen and oxygen atoms in total. The van der Waals surface area contributed by atoms with E-state index < -0.39 is 0 Å². The van der Waals surface area contributed by atoms with Gasteiger partial charge < -0.3 is 5.32 Å². The van der Waals surface area contributed by atoms with E-state index in [1.54, 1.807) is 4.80 Å². The first-order chi connectivity index (χ1) is 13.1. The minimum Gasteiger partial charge on any atom is -0.353 e. The smallest absolute Gasteiger partial charge is 0.220 e. The number of aromatic nitrogens is 4. The third-order valence-corrected chi connectivity index (χ3v) is 4.44. The summed E-state index contributed by atoms with van der Waals surface area (Å²) in [4.78, 5) is 13.7. The van der Waals surface area contributed by atoms with Crippen LogP contribution < -0.4 is 5.32 Å². The van der Waals surface area contributed by atoms with Crippen molar-refractivity contribution in [2.75, 3.05) is 0 Å². The Bertz CT molecular complexity index is 875. The van der Waals surface area contributed by atoms with E-state index in [1.807, 2.05) is 49.4 Å². The number of nitrogens with zero attached hydrogens (tertiary/aromatic N) is 4. The predicted molar refractivity (Wildman–Crippen MR) is 105 cm³/mol. The maximum absolute atomic E-state index is 12.2. The number of carbonyl (C=O) groups excluding carboxylic acids is 1. The van der Waals surface area contributed by atoms with E-state index in [2.05, 4.69) is 39.8 Å². The number of benzene rings is 2. The molecule has 6 heteroatoms. The van der Waals surface area contributed by atoms with Crippen LogP contribution in [0.5, 0.6) is 0 Å². The van der Waals surface area contributed by atoms with Gasteiger partial charge in [-0.2, -0.15) is 4.80 Å². The maximum atomic E-state index is 12.2. The largest absolute Gasteiger partial charge is 0.353 e. The molecule has 0 aliphatic rings. The Morgan fingerprint density at radius 1 is 1.11 bits per heavy atom. The van der Waals surface area contributed by atoms with Gasteiger partial charge in [-0.05, 0) is 43.0 Å². The van der Waals surface area contributed by atoms with E-state index in [0.29, 0.717) is 25.2 Å². The molecule has 140 valence electrons. The fourth-order valence-electron chi connectivity index (χ4n) is 2.99. The lowest BCUT2D eigenvalue weighted by Gasteiger charge is -2.15. The molecule has 3 aromatic rings. The summed E-state index contributed by atoms with van der Waals surface area (Å²) in [6.45, 7) is 4.70. The second-order valence-electron chi connectivity index (χ2n) is 6.78. The fraction of sp³-hybridized carbons (Fsp3) is 0.333. The highest BCUT2D eigenvalue weighted by Crippen LogP contribution is 2.12. The molecular weight excluding hydrogens is 338 g/mol. The lowest BCUT2D eigenvalue weighted by Crippen LogP contribution is -2.34. The van der Waals surface area contributed by atoms with Crippen molar-refractivity contribution in [3.8, 4) is 11.4 Å². The van der Waals surface area contributed by atoms with Crippen LogP contribution in [0.15, 0.2) is 54.6 Å². The van der Waals surface area contributed by atoms with Crippen molar-refractivity contribution >= 4 is 5.91 Å². The minimum atomic E-state index is 0.0551. The number of tetrazole rings is 1. The van der Waals surface area contributed by atoms with E-state index in [1.165, 1.54) is 11.1 Å². The number of hydrogen-bond acceptors (Lipinski definition) is 4. The molecule has 0 spiro atoms. The Morgan fingerprint density at radius 3 is 2.63 bits per heavy atom. The zero-order valence-corrected chi connectivity index (χ0v) is 15.8. The highest BCUT2D eigenvalue weighted by Gasteiger charge is 2.10. The highest BCUT2D eigenvalue weighted by molar-refractivity contribution is 5.76. The van der Waals surface area contributed by atoms with Crippen molar-refractivity contribution in [1.82, 2.24) is 25.5 Å². The normalized spacial score (nSPS) is 11.9. The summed E-state index contributed by atoms with van der Waals surface area (Å²) in [7, 11) is 0. The van der Waals surface area contributed by atoms with Crippen molar-refractivity contribution in [2.24, 2.45) is 0 Å². The molecule has 1 N–H and O–H groups in total. The first-order valence-corrected chi connectivity index (χ1v) is 9.29. The quantitative estimate of drug-likeness (QED) is 0.667. The molecule has 0 fully saturated rings. The van der Waals surface area contributed by atoms with Crippen LogP contribution in [0.25, 0.3) is 11.4 Å². The molecule has 0 bridgehead atoms. The van der Waals surface area contributed by atoms with Crippen molar-refractivity contribution < 1.29 is 4.79 Å². The summed E-state index contributed by atoms with van der Waals surface area (Å²) in [5.74, 6) is 0.659. The first kappa shape index (κ1) is 18.8. The van der Waals surface area contributed by atoms with Crippen molar-refractivity contribution in [2.45, 2.75) is 45.7 Å². The van der Waals surface area contributed by atoms with E-state index in [9.17, 15) is 4.79 Å². The summed E-state index contributed by atoms with van der Waals surface area (Å²) in [5, 5.41) is 15.6.